The molecule has 0 aliphatic carbocycles. The Morgan fingerprint density at radius 1 is 1.25 bits per heavy atom. The third-order valence-corrected chi connectivity index (χ3v) is 2.05. The Bertz CT molecular complexity index is 460. The summed E-state index contributed by atoms with van der Waals surface area (Å²) >= 11 is 0. The van der Waals surface area contributed by atoms with Gasteiger partial charge in [0.1, 0.15) is 11.4 Å². The molecule has 2 rings (SSSR count). The van der Waals surface area contributed by atoms with Crippen molar-refractivity contribution in [1.82, 2.24) is 5.16 Å². The molecule has 0 bridgehead atoms. The third-order valence-electron chi connectivity index (χ3n) is 2.05. The summed E-state index contributed by atoms with van der Waals surface area (Å²) in [5, 5.41) is 3.84. The van der Waals surface area contributed by atoms with Crippen molar-refractivity contribution >= 4 is 5.88 Å². The molecule has 0 saturated heterocycles. The predicted octanol–water partition coefficient (Wildman–Crippen LogP) is 2.71. The summed E-state index contributed by atoms with van der Waals surface area (Å²) in [6.45, 7) is 3.98. The van der Waals surface area contributed by atoms with Gasteiger partial charge in [0.25, 0.3) is 0 Å². The Balaban J connectivity index is 2.19. The van der Waals surface area contributed by atoms with E-state index in [2.05, 4.69) is 5.16 Å². The van der Waals surface area contributed by atoms with E-state index in [1.54, 1.807) is 6.07 Å². The molecule has 4 nitrogen and oxygen atoms in total. The molecule has 16 heavy (non-hydrogen) atoms. The molecule has 2 N–H and O–H groups in total. The first-order valence-corrected chi connectivity index (χ1v) is 5.14. The molecule has 0 radical (unpaired) electrons. The molecular formula is C12H14N2O2. The molecule has 84 valence electrons. The van der Waals surface area contributed by atoms with Gasteiger partial charge in [-0.1, -0.05) is 5.16 Å². The van der Waals surface area contributed by atoms with Crippen LogP contribution in [0.15, 0.2) is 34.9 Å². The summed E-state index contributed by atoms with van der Waals surface area (Å²) in [5.74, 6) is 1.16. The van der Waals surface area contributed by atoms with E-state index in [1.807, 2.05) is 38.1 Å². The number of rotatable bonds is 3. The molecule has 0 fully saturated rings. The normalized spacial score (nSPS) is 10.7. The maximum Gasteiger partial charge on any atom is 0.222 e. The van der Waals surface area contributed by atoms with Crippen LogP contribution in [0.5, 0.6) is 5.75 Å². The number of anilines is 1. The summed E-state index contributed by atoms with van der Waals surface area (Å²) in [5.41, 5.74) is 7.14. The van der Waals surface area contributed by atoms with Gasteiger partial charge in [-0.3, -0.25) is 0 Å². The Labute approximate surface area is 94.0 Å². The van der Waals surface area contributed by atoms with Crippen molar-refractivity contribution < 1.29 is 9.26 Å². The Hall–Kier alpha value is -1.97. The smallest absolute Gasteiger partial charge is 0.222 e. The maximum absolute atomic E-state index is 5.54. The van der Waals surface area contributed by atoms with Gasteiger partial charge in [-0.2, -0.15) is 0 Å². The third kappa shape index (κ3) is 2.34. The van der Waals surface area contributed by atoms with Crippen LogP contribution in [-0.4, -0.2) is 11.3 Å². The molecule has 1 heterocycles. The van der Waals surface area contributed by atoms with E-state index in [4.69, 9.17) is 15.0 Å². The SMILES string of the molecule is CC(C)Oc1ccc(-c2cc(N)on2)cc1. The van der Waals surface area contributed by atoms with Gasteiger partial charge in [0, 0.05) is 11.6 Å². The number of nitrogens with two attached hydrogens (primary N) is 1. The maximum atomic E-state index is 5.54. The molecule has 0 unspecified atom stereocenters. The highest BCUT2D eigenvalue weighted by Gasteiger charge is 2.04. The first-order valence-electron chi connectivity index (χ1n) is 5.14. The zero-order valence-corrected chi connectivity index (χ0v) is 9.31. The van der Waals surface area contributed by atoms with Gasteiger partial charge in [0.15, 0.2) is 0 Å². The molecule has 1 aromatic heterocycles. The Kier molecular flexibility index (Phi) is 2.81. The van der Waals surface area contributed by atoms with E-state index < -0.39 is 0 Å². The number of benzene rings is 1. The number of hydrogen-bond donors (Lipinski definition) is 1. The highest BCUT2D eigenvalue weighted by Crippen LogP contribution is 2.23. The molecule has 0 saturated carbocycles. The number of hydrogen-bond acceptors (Lipinski definition) is 4. The van der Waals surface area contributed by atoms with Crippen LogP contribution in [0, 0.1) is 0 Å². The topological polar surface area (TPSA) is 61.3 Å². The van der Waals surface area contributed by atoms with Crippen LogP contribution >= 0.6 is 0 Å². The number of aromatic nitrogens is 1. The molecule has 0 aliphatic rings. The summed E-state index contributed by atoms with van der Waals surface area (Å²) in [6.07, 6.45) is 0.175. The van der Waals surface area contributed by atoms with Crippen molar-refractivity contribution in [2.75, 3.05) is 5.73 Å². The van der Waals surface area contributed by atoms with E-state index in [-0.39, 0.29) is 6.10 Å². The predicted molar refractivity (Wildman–Crippen MR) is 62.1 cm³/mol. The number of nitrogen functional groups attached to an aromatic ring is 1. The van der Waals surface area contributed by atoms with Gasteiger partial charge in [0.05, 0.1) is 6.10 Å². The van der Waals surface area contributed by atoms with Gasteiger partial charge in [-0.15, -0.1) is 0 Å². The van der Waals surface area contributed by atoms with E-state index >= 15 is 0 Å². The summed E-state index contributed by atoms with van der Waals surface area (Å²) in [6, 6.07) is 9.35. The highest BCUT2D eigenvalue weighted by atomic mass is 16.5. The first kappa shape index (κ1) is 10.5. The fraction of sp³-hybridized carbons (Fsp3) is 0.250. The van der Waals surface area contributed by atoms with E-state index in [0.29, 0.717) is 5.88 Å². The number of ether oxygens (including phenoxy) is 1. The standard InChI is InChI=1S/C12H14N2O2/c1-8(2)15-10-5-3-9(4-6-10)11-7-12(13)16-14-11/h3-8H,13H2,1-2H3. The molecule has 2 aromatic rings. The van der Waals surface area contributed by atoms with Crippen LogP contribution in [0.25, 0.3) is 11.3 Å². The fourth-order valence-corrected chi connectivity index (χ4v) is 1.40. The van der Waals surface area contributed by atoms with Gasteiger partial charge in [-0.05, 0) is 38.1 Å². The van der Waals surface area contributed by atoms with Crippen LogP contribution in [0.1, 0.15) is 13.8 Å². The van der Waals surface area contributed by atoms with Crippen molar-refractivity contribution in [1.29, 1.82) is 0 Å². The Morgan fingerprint density at radius 2 is 1.94 bits per heavy atom. The lowest BCUT2D eigenvalue weighted by Gasteiger charge is -2.09. The average molecular weight is 218 g/mol. The minimum absolute atomic E-state index is 0.175. The number of nitrogens with zero attached hydrogens (tertiary/aromatic N) is 1. The van der Waals surface area contributed by atoms with Gasteiger partial charge >= 0.3 is 0 Å². The van der Waals surface area contributed by atoms with Crippen LogP contribution in [0.2, 0.25) is 0 Å². The lowest BCUT2D eigenvalue weighted by atomic mass is 10.1. The summed E-state index contributed by atoms with van der Waals surface area (Å²) in [7, 11) is 0. The van der Waals surface area contributed by atoms with Crippen LogP contribution in [-0.2, 0) is 0 Å². The van der Waals surface area contributed by atoms with Crippen molar-refractivity contribution in [2.45, 2.75) is 20.0 Å². The largest absolute Gasteiger partial charge is 0.491 e. The van der Waals surface area contributed by atoms with Gasteiger partial charge in [0.2, 0.25) is 5.88 Å². The Morgan fingerprint density at radius 3 is 2.44 bits per heavy atom. The second-order valence-electron chi connectivity index (χ2n) is 3.81. The van der Waals surface area contributed by atoms with Crippen molar-refractivity contribution in [3.05, 3.63) is 30.3 Å². The van der Waals surface area contributed by atoms with E-state index in [0.717, 1.165) is 17.0 Å². The zero-order chi connectivity index (χ0) is 11.5. The van der Waals surface area contributed by atoms with Gasteiger partial charge < -0.3 is 15.0 Å². The lowest BCUT2D eigenvalue weighted by Crippen LogP contribution is -2.05. The molecule has 0 amide bonds. The van der Waals surface area contributed by atoms with Crippen molar-refractivity contribution in [3.63, 3.8) is 0 Å². The molecule has 0 spiro atoms. The quantitative estimate of drug-likeness (QED) is 0.860. The van der Waals surface area contributed by atoms with E-state index in [1.165, 1.54) is 0 Å². The molecule has 1 aromatic carbocycles. The zero-order valence-electron chi connectivity index (χ0n) is 9.31. The lowest BCUT2D eigenvalue weighted by molar-refractivity contribution is 0.242. The highest BCUT2D eigenvalue weighted by molar-refractivity contribution is 5.61. The monoisotopic (exact) mass is 218 g/mol. The molecular weight excluding hydrogens is 204 g/mol. The van der Waals surface area contributed by atoms with Crippen molar-refractivity contribution in [3.8, 4) is 17.0 Å². The first-order chi connectivity index (χ1) is 7.65. The second kappa shape index (κ2) is 4.26. The molecule has 0 aliphatic heterocycles. The van der Waals surface area contributed by atoms with Crippen molar-refractivity contribution in [2.24, 2.45) is 0 Å². The second-order valence-corrected chi connectivity index (χ2v) is 3.81. The van der Waals surface area contributed by atoms with Gasteiger partial charge in [-0.25, -0.2) is 0 Å². The molecule has 4 heteroatoms. The summed E-state index contributed by atoms with van der Waals surface area (Å²) < 4.78 is 10.4. The average Bonchev–Trinajstić information content (AvgIpc) is 2.65. The minimum Gasteiger partial charge on any atom is -0.491 e. The molecule has 0 atom stereocenters. The van der Waals surface area contributed by atoms with Crippen LogP contribution < -0.4 is 10.5 Å². The van der Waals surface area contributed by atoms with Crippen LogP contribution in [0.3, 0.4) is 0 Å². The summed E-state index contributed by atoms with van der Waals surface area (Å²) in [4.78, 5) is 0. The van der Waals surface area contributed by atoms with E-state index in [9.17, 15) is 0 Å². The minimum atomic E-state index is 0.175. The van der Waals surface area contributed by atoms with Crippen LogP contribution in [0.4, 0.5) is 5.88 Å². The fourth-order valence-electron chi connectivity index (χ4n) is 1.40.